The molecule has 0 atom stereocenters. The SMILES string of the molecule is CCC[I-]C.CCOCCOc1c(-c2cc(C)cc(-c3c(C(C)C)cc(C(C)C)cc3C(C)C)c2O)cc(C)cc1-c1cc(C)cc(-c2c(C(C)C)cc(C(C)C)cc2C(C)C)c1O.CCOCCOc1c(Br)cc(C)cc1Br.COCOc1c(B(O)O)cc(C)cc1-c1c(C(C)C)cc(C(C)C)cc1C(C)C. The Balaban J connectivity index is 0.000000348. The zero-order valence-corrected chi connectivity index (χ0v) is 76.1. The Morgan fingerprint density at radius 1 is 0.361 bits per heavy atom. The van der Waals surface area contributed by atoms with Gasteiger partial charge >= 0.3 is 51.0 Å². The molecule has 0 fully saturated rings. The Hall–Kier alpha value is -5.69. The molecule has 8 aromatic carbocycles. The maximum atomic E-state index is 12.7. The van der Waals surface area contributed by atoms with E-state index in [0.717, 1.165) is 88.1 Å². The van der Waals surface area contributed by atoms with Crippen molar-refractivity contribution in [3.05, 3.63) is 184 Å². The van der Waals surface area contributed by atoms with Gasteiger partial charge in [-0.3, -0.25) is 0 Å². The molecule has 0 unspecified atom stereocenters. The fraction of sp³-hybridized carbons (Fsp3) is 0.489. The van der Waals surface area contributed by atoms with Gasteiger partial charge in [-0.15, -0.1) is 0 Å². The van der Waals surface area contributed by atoms with Crippen LogP contribution in [0.4, 0.5) is 0 Å². The summed E-state index contributed by atoms with van der Waals surface area (Å²) in [4.78, 5) is 2.32. The smallest absolute Gasteiger partial charge is 0.492 e. The number of rotatable bonds is 30. The van der Waals surface area contributed by atoms with E-state index in [0.29, 0.717) is 112 Å². The van der Waals surface area contributed by atoms with Crippen LogP contribution in [0.3, 0.4) is 0 Å². The molecule has 4 N–H and O–H groups in total. The average Bonchev–Trinajstić information content (AvgIpc) is 0.753. The van der Waals surface area contributed by atoms with E-state index in [9.17, 15) is 20.3 Å². The first-order valence-corrected chi connectivity index (χ1v) is 44.5. The average molecular weight is 1720 g/mol. The molecule has 8 aromatic rings. The topological polar surface area (TPSA) is 136 Å². The van der Waals surface area contributed by atoms with Crippen molar-refractivity contribution in [2.24, 2.45) is 0 Å². The van der Waals surface area contributed by atoms with Gasteiger partial charge in [0, 0.05) is 64.7 Å². The van der Waals surface area contributed by atoms with Crippen molar-refractivity contribution in [3.8, 4) is 84.4 Å². The van der Waals surface area contributed by atoms with Gasteiger partial charge in [0.1, 0.15) is 42.0 Å². The Bertz CT molecular complexity index is 3960. The van der Waals surface area contributed by atoms with Crippen LogP contribution in [-0.4, -0.2) is 90.3 Å². The van der Waals surface area contributed by atoms with Crippen LogP contribution < -0.4 is 40.9 Å². The van der Waals surface area contributed by atoms with Crippen LogP contribution in [0.25, 0.3) is 55.6 Å². The maximum Gasteiger partial charge on any atom is 0.492 e. The molecule has 0 aliphatic carbocycles. The van der Waals surface area contributed by atoms with E-state index in [2.05, 4.69) is 268 Å². The number of benzene rings is 8. The molecule has 0 aromatic heterocycles. The van der Waals surface area contributed by atoms with Gasteiger partial charge in [-0.2, -0.15) is 0 Å². The van der Waals surface area contributed by atoms with Crippen LogP contribution >= 0.6 is 31.9 Å². The molecular weight excluding hydrogens is 1590 g/mol. The summed E-state index contributed by atoms with van der Waals surface area (Å²) in [7, 11) is -0.0696. The molecule has 8 rings (SSSR count). The van der Waals surface area contributed by atoms with Crippen molar-refractivity contribution in [3.63, 3.8) is 0 Å². The predicted molar refractivity (Wildman–Crippen MR) is 463 cm³/mol. The molecule has 0 radical (unpaired) electrons. The molecule has 0 saturated carbocycles. The third kappa shape index (κ3) is 24.7. The fourth-order valence-corrected chi connectivity index (χ4v) is 16.4. The van der Waals surface area contributed by atoms with Gasteiger partial charge in [-0.05, 0) is 277 Å². The number of aromatic hydroxyl groups is 2. The van der Waals surface area contributed by atoms with Crippen molar-refractivity contribution in [1.29, 1.82) is 0 Å². The van der Waals surface area contributed by atoms with Crippen molar-refractivity contribution < 1.29 is 69.9 Å². The second-order valence-electron chi connectivity index (χ2n) is 31.5. The number of methoxy groups -OCH3 is 1. The number of hydrogen-bond donors (Lipinski definition) is 4. The normalized spacial score (nSPS) is 11.6. The van der Waals surface area contributed by atoms with Gasteiger partial charge in [0.25, 0.3) is 0 Å². The van der Waals surface area contributed by atoms with Crippen molar-refractivity contribution >= 4 is 44.4 Å². The predicted octanol–water partition coefficient (Wildman–Crippen LogP) is 22.6. The van der Waals surface area contributed by atoms with Gasteiger partial charge in [-0.25, -0.2) is 0 Å². The van der Waals surface area contributed by atoms with Crippen LogP contribution in [-0.2, 0) is 14.2 Å². The van der Waals surface area contributed by atoms with E-state index in [1.54, 1.807) is 13.2 Å². The maximum absolute atomic E-state index is 12.7. The molecule has 108 heavy (non-hydrogen) atoms. The molecule has 0 aliphatic rings. The molecule has 14 heteroatoms. The molecule has 10 nitrogen and oxygen atoms in total. The van der Waals surface area contributed by atoms with Crippen molar-refractivity contribution in [2.45, 2.75) is 240 Å². The quantitative estimate of drug-likeness (QED) is 0.0113. The van der Waals surface area contributed by atoms with Crippen LogP contribution in [0.1, 0.15) is 283 Å². The minimum Gasteiger partial charge on any atom is -0.507 e. The van der Waals surface area contributed by atoms with Gasteiger partial charge < -0.3 is 48.7 Å². The van der Waals surface area contributed by atoms with Crippen LogP contribution in [0.5, 0.6) is 28.7 Å². The summed E-state index contributed by atoms with van der Waals surface area (Å²) >= 11 is 7.55. The first kappa shape index (κ1) is 92.9. The number of ether oxygens (including phenoxy) is 6. The summed E-state index contributed by atoms with van der Waals surface area (Å²) in [5, 5.41) is 45.4. The van der Waals surface area contributed by atoms with E-state index >= 15 is 0 Å². The second kappa shape index (κ2) is 43.9. The standard InChI is InChI=1S/C55H72O4.C24H35BO4.C11H14Br2O2.C4H10I/c1-17-58-18-19-59-55-47(45-20-36(14)24-49(53(45)56)51-41(32(6)7)26-39(30(2)3)27-42(51)33(8)9)22-38(16)23-48(55)46-21-37(15)25-50(54(46)57)52-43(34(10)11)28-40(31(4)5)29-44(52)35(12)13;1-14(2)18-11-19(15(3)4)23(20(12-18)16(5)6)21-9-17(7)10-22(25(26)27)24(21)29-13-28-8;1-3-14-4-5-15-11-9(12)6-8(2)7-10(11)13;1-3-4-5-2/h20-35,56-57H,17-19H2,1-16H3;9-12,14-16,26-27H,13H2,1-8H3;6-7H,3-5H2,1-2H3;3-4H2,1-2H3/q;;;-1. The third-order valence-corrected chi connectivity index (χ3v) is 22.6. The van der Waals surface area contributed by atoms with Gasteiger partial charge in [0.05, 0.1) is 22.2 Å². The van der Waals surface area contributed by atoms with Crippen molar-refractivity contribution in [2.75, 3.05) is 62.9 Å². The molecule has 592 valence electrons. The van der Waals surface area contributed by atoms with E-state index in [1.807, 2.05) is 39.8 Å². The minimum atomic E-state index is -1.62. The molecule has 0 saturated heterocycles. The number of halogens is 3. The fourth-order valence-electron chi connectivity index (χ4n) is 13.6. The summed E-state index contributed by atoms with van der Waals surface area (Å²) < 4.78 is 37.8. The largest absolute Gasteiger partial charge is 0.507 e. The summed E-state index contributed by atoms with van der Waals surface area (Å²) in [5.41, 5.74) is 25.8. The number of hydrogen-bond acceptors (Lipinski definition) is 10. The van der Waals surface area contributed by atoms with E-state index in [-0.39, 0.29) is 42.0 Å². The molecule has 0 amide bonds. The van der Waals surface area contributed by atoms with Crippen LogP contribution in [0.2, 0.25) is 0 Å². The first-order chi connectivity index (χ1) is 50.9. The first-order valence-electron chi connectivity index (χ1n) is 39.2. The minimum absolute atomic E-state index is 0.0356. The summed E-state index contributed by atoms with van der Waals surface area (Å²) in [5.74, 6) is 5.17. The summed E-state index contributed by atoms with van der Waals surface area (Å²) in [6.45, 7) is 59.9. The van der Waals surface area contributed by atoms with Gasteiger partial charge in [0.2, 0.25) is 0 Å². The molecule has 0 spiro atoms. The number of aryl methyl sites for hydroxylation is 5. The third-order valence-electron chi connectivity index (χ3n) is 19.3. The summed E-state index contributed by atoms with van der Waals surface area (Å²) in [6, 6.07) is 34.4. The van der Waals surface area contributed by atoms with Gasteiger partial charge in [-0.1, -0.05) is 173 Å². The van der Waals surface area contributed by atoms with Gasteiger partial charge in [0.15, 0.2) is 6.79 Å². The Labute approximate surface area is 680 Å². The van der Waals surface area contributed by atoms with E-state index in [4.69, 9.17) is 28.4 Å². The van der Waals surface area contributed by atoms with Crippen molar-refractivity contribution in [1.82, 2.24) is 0 Å². The zero-order valence-electron chi connectivity index (χ0n) is 70.7. The number of alkyl halides is 2. The van der Waals surface area contributed by atoms with E-state index < -0.39 is 7.12 Å². The Morgan fingerprint density at radius 2 is 0.657 bits per heavy atom. The Kier molecular flexibility index (Phi) is 37.8. The van der Waals surface area contributed by atoms with Crippen LogP contribution in [0.15, 0.2) is 106 Å². The molecule has 0 heterocycles. The van der Waals surface area contributed by atoms with E-state index in [1.165, 1.54) is 66.5 Å². The molecular formula is C94H131BBr2IO10-. The second-order valence-corrected chi connectivity index (χ2v) is 35.8. The monoisotopic (exact) mass is 1720 g/mol. The summed E-state index contributed by atoms with van der Waals surface area (Å²) in [6.07, 6.45) is 1.39. The number of phenols is 2. The molecule has 0 aliphatic heterocycles. The zero-order chi connectivity index (χ0) is 80.9. The Morgan fingerprint density at radius 3 is 0.944 bits per heavy atom. The van der Waals surface area contributed by atoms with Crippen LogP contribution in [0, 0.1) is 34.6 Å². The molecule has 0 bridgehead atoms. The number of phenolic OH excluding ortho intramolecular Hbond substituents is 2.